The standard InChI is InChI=1S/C12H14N4O/c1-6-14-11-7(2-3-13-11)12(15-6)16-10-8-4-17-5-9(8)10/h2-3,8-10H,4-5H2,1H3,(H2,13,14,15,16)/t8-,9+,10?. The highest BCUT2D eigenvalue weighted by Crippen LogP contribution is 2.46. The van der Waals surface area contributed by atoms with E-state index in [0.717, 1.165) is 35.9 Å². The zero-order chi connectivity index (χ0) is 11.4. The van der Waals surface area contributed by atoms with Crippen LogP contribution in [-0.4, -0.2) is 34.2 Å². The lowest BCUT2D eigenvalue weighted by atomic mass is 10.3. The first-order chi connectivity index (χ1) is 8.33. The van der Waals surface area contributed by atoms with Crippen LogP contribution in [0.15, 0.2) is 12.3 Å². The fourth-order valence-corrected chi connectivity index (χ4v) is 2.77. The molecule has 2 N–H and O–H groups in total. The van der Waals surface area contributed by atoms with Gasteiger partial charge in [0.1, 0.15) is 17.3 Å². The van der Waals surface area contributed by atoms with Gasteiger partial charge in [0.05, 0.1) is 18.6 Å². The summed E-state index contributed by atoms with van der Waals surface area (Å²) in [4.78, 5) is 12.0. The van der Waals surface area contributed by atoms with Crippen molar-refractivity contribution in [3.63, 3.8) is 0 Å². The highest BCUT2D eigenvalue weighted by molar-refractivity contribution is 5.87. The Kier molecular flexibility index (Phi) is 1.77. The summed E-state index contributed by atoms with van der Waals surface area (Å²) in [6.45, 7) is 3.70. The third kappa shape index (κ3) is 1.35. The Morgan fingerprint density at radius 3 is 3.00 bits per heavy atom. The molecule has 0 amide bonds. The zero-order valence-corrected chi connectivity index (χ0v) is 9.60. The Bertz CT molecular complexity index is 569. The van der Waals surface area contributed by atoms with Crippen LogP contribution in [0.5, 0.6) is 0 Å². The van der Waals surface area contributed by atoms with Gasteiger partial charge >= 0.3 is 0 Å². The van der Waals surface area contributed by atoms with Gasteiger partial charge in [-0.25, -0.2) is 9.97 Å². The minimum absolute atomic E-state index is 0.538. The van der Waals surface area contributed by atoms with E-state index in [0.29, 0.717) is 17.9 Å². The number of anilines is 1. The van der Waals surface area contributed by atoms with Gasteiger partial charge in [0.15, 0.2) is 0 Å². The van der Waals surface area contributed by atoms with Crippen molar-refractivity contribution in [2.24, 2.45) is 11.8 Å². The van der Waals surface area contributed by atoms with Crippen molar-refractivity contribution in [3.05, 3.63) is 18.1 Å². The molecule has 0 bridgehead atoms. The van der Waals surface area contributed by atoms with E-state index in [1.54, 1.807) is 0 Å². The number of aromatic amines is 1. The maximum absolute atomic E-state index is 5.39. The first-order valence-corrected chi connectivity index (χ1v) is 5.99. The monoisotopic (exact) mass is 230 g/mol. The fourth-order valence-electron chi connectivity index (χ4n) is 2.77. The molecule has 2 aromatic rings. The average Bonchev–Trinajstić information content (AvgIpc) is 2.77. The Hall–Kier alpha value is -1.62. The lowest BCUT2D eigenvalue weighted by Crippen LogP contribution is -2.14. The van der Waals surface area contributed by atoms with Crippen LogP contribution < -0.4 is 5.32 Å². The summed E-state index contributed by atoms with van der Waals surface area (Å²) in [6.07, 6.45) is 1.90. The number of nitrogens with one attached hydrogen (secondary N) is 2. The smallest absolute Gasteiger partial charge is 0.143 e. The highest BCUT2D eigenvalue weighted by Gasteiger charge is 2.54. The van der Waals surface area contributed by atoms with E-state index in [9.17, 15) is 0 Å². The van der Waals surface area contributed by atoms with Crippen LogP contribution in [0.4, 0.5) is 5.82 Å². The molecule has 0 aromatic carbocycles. The quantitative estimate of drug-likeness (QED) is 0.816. The van der Waals surface area contributed by atoms with Gasteiger partial charge in [-0.1, -0.05) is 0 Å². The largest absolute Gasteiger partial charge is 0.381 e. The predicted octanol–water partition coefficient (Wildman–Crippen LogP) is 1.32. The summed E-state index contributed by atoms with van der Waals surface area (Å²) >= 11 is 0. The van der Waals surface area contributed by atoms with E-state index in [-0.39, 0.29) is 0 Å². The first kappa shape index (κ1) is 9.41. The second-order valence-corrected chi connectivity index (χ2v) is 4.89. The second kappa shape index (κ2) is 3.20. The maximum atomic E-state index is 5.39. The van der Waals surface area contributed by atoms with Gasteiger partial charge in [-0.3, -0.25) is 0 Å². The SMILES string of the molecule is Cc1nc(NC2[C@H]3COC[C@@H]23)c2cc[nH]c2n1. The third-order valence-electron chi connectivity index (χ3n) is 3.78. The molecule has 5 nitrogen and oxygen atoms in total. The van der Waals surface area contributed by atoms with E-state index in [1.165, 1.54) is 0 Å². The Morgan fingerprint density at radius 1 is 1.35 bits per heavy atom. The summed E-state index contributed by atoms with van der Waals surface area (Å²) in [5.74, 6) is 3.11. The van der Waals surface area contributed by atoms with Gasteiger partial charge in [0, 0.05) is 24.1 Å². The second-order valence-electron chi connectivity index (χ2n) is 4.89. The fraction of sp³-hybridized carbons (Fsp3) is 0.500. The van der Waals surface area contributed by atoms with Gasteiger partial charge in [-0.2, -0.15) is 0 Å². The number of hydrogen-bond donors (Lipinski definition) is 2. The predicted molar refractivity (Wildman–Crippen MR) is 63.8 cm³/mol. The van der Waals surface area contributed by atoms with Gasteiger partial charge in [0.25, 0.3) is 0 Å². The number of aryl methyl sites for hydroxylation is 1. The summed E-state index contributed by atoms with van der Waals surface area (Å²) in [6, 6.07) is 2.56. The number of H-pyrrole nitrogens is 1. The van der Waals surface area contributed by atoms with Gasteiger partial charge in [-0.15, -0.1) is 0 Å². The zero-order valence-electron chi connectivity index (χ0n) is 9.60. The maximum Gasteiger partial charge on any atom is 0.143 e. The van der Waals surface area contributed by atoms with Gasteiger partial charge in [-0.05, 0) is 13.0 Å². The third-order valence-corrected chi connectivity index (χ3v) is 3.78. The number of fused-ring (bicyclic) bond motifs is 2. The highest BCUT2D eigenvalue weighted by atomic mass is 16.5. The minimum atomic E-state index is 0.538. The molecule has 5 heteroatoms. The van der Waals surface area contributed by atoms with Crippen LogP contribution in [0, 0.1) is 18.8 Å². The number of nitrogens with zero attached hydrogens (tertiary/aromatic N) is 2. The molecule has 1 aliphatic carbocycles. The van der Waals surface area contributed by atoms with Gasteiger partial charge < -0.3 is 15.0 Å². The molecule has 3 heterocycles. The average molecular weight is 230 g/mol. The molecule has 2 fully saturated rings. The van der Waals surface area contributed by atoms with Crippen LogP contribution >= 0.6 is 0 Å². The van der Waals surface area contributed by atoms with Crippen molar-refractivity contribution in [2.75, 3.05) is 18.5 Å². The first-order valence-electron chi connectivity index (χ1n) is 5.99. The molecule has 3 atom stereocenters. The molecule has 1 unspecified atom stereocenters. The van der Waals surface area contributed by atoms with E-state index >= 15 is 0 Å². The van der Waals surface area contributed by atoms with E-state index in [4.69, 9.17) is 4.74 Å². The number of hydrogen-bond acceptors (Lipinski definition) is 4. The summed E-state index contributed by atoms with van der Waals surface area (Å²) in [5, 5.41) is 4.61. The molecular weight excluding hydrogens is 216 g/mol. The molecular formula is C12H14N4O. The number of aromatic nitrogens is 3. The van der Waals surface area contributed by atoms with Gasteiger partial charge in [0.2, 0.25) is 0 Å². The van der Waals surface area contributed by atoms with Crippen molar-refractivity contribution in [2.45, 2.75) is 13.0 Å². The lowest BCUT2D eigenvalue weighted by molar-refractivity contribution is 0.162. The van der Waals surface area contributed by atoms with E-state index in [1.807, 2.05) is 19.2 Å². The van der Waals surface area contributed by atoms with Crippen molar-refractivity contribution < 1.29 is 4.74 Å². The Balaban J connectivity index is 1.68. The van der Waals surface area contributed by atoms with Crippen LogP contribution in [0.25, 0.3) is 11.0 Å². The molecule has 1 saturated carbocycles. The molecule has 17 heavy (non-hydrogen) atoms. The lowest BCUT2D eigenvalue weighted by Gasteiger charge is -2.09. The van der Waals surface area contributed by atoms with Crippen molar-refractivity contribution in [3.8, 4) is 0 Å². The molecule has 88 valence electrons. The number of ether oxygens (including phenoxy) is 1. The molecule has 4 rings (SSSR count). The Morgan fingerprint density at radius 2 is 2.18 bits per heavy atom. The normalized spacial score (nSPS) is 30.5. The van der Waals surface area contributed by atoms with Crippen LogP contribution in [0.1, 0.15) is 5.82 Å². The molecule has 0 radical (unpaired) electrons. The van der Waals surface area contributed by atoms with E-state index < -0.39 is 0 Å². The van der Waals surface area contributed by atoms with E-state index in [2.05, 4.69) is 20.3 Å². The van der Waals surface area contributed by atoms with Crippen molar-refractivity contribution in [1.82, 2.24) is 15.0 Å². The summed E-state index contributed by atoms with van der Waals surface area (Å²) in [5.41, 5.74) is 0.905. The van der Waals surface area contributed by atoms with Crippen LogP contribution in [0.3, 0.4) is 0 Å². The molecule has 2 aliphatic rings. The molecule has 2 aromatic heterocycles. The molecule has 1 saturated heterocycles. The topological polar surface area (TPSA) is 62.8 Å². The number of rotatable bonds is 2. The molecule has 1 aliphatic heterocycles. The minimum Gasteiger partial charge on any atom is -0.381 e. The summed E-state index contributed by atoms with van der Waals surface area (Å²) in [7, 11) is 0. The van der Waals surface area contributed by atoms with Crippen molar-refractivity contribution >= 4 is 16.9 Å². The Labute approximate surface area is 98.6 Å². The van der Waals surface area contributed by atoms with Crippen LogP contribution in [0.2, 0.25) is 0 Å². The summed E-state index contributed by atoms with van der Waals surface area (Å²) < 4.78 is 5.39. The van der Waals surface area contributed by atoms with Crippen molar-refractivity contribution in [1.29, 1.82) is 0 Å². The molecule has 0 spiro atoms. The van der Waals surface area contributed by atoms with Crippen LogP contribution in [-0.2, 0) is 4.74 Å².